The number of carbonyl (C=O) groups excluding carboxylic acids is 1. The summed E-state index contributed by atoms with van der Waals surface area (Å²) in [4.78, 5) is 22.5. The van der Waals surface area contributed by atoms with Crippen molar-refractivity contribution >= 4 is 11.9 Å². The summed E-state index contributed by atoms with van der Waals surface area (Å²) in [7, 11) is 0. The zero-order valence-corrected chi connectivity index (χ0v) is 10.9. The van der Waals surface area contributed by atoms with Gasteiger partial charge in [-0.05, 0) is 12.8 Å². The fourth-order valence-electron chi connectivity index (χ4n) is 1.94. The summed E-state index contributed by atoms with van der Waals surface area (Å²) in [6.07, 6.45) is 2.43. The summed E-state index contributed by atoms with van der Waals surface area (Å²) in [6.45, 7) is 0.842. The fourth-order valence-corrected chi connectivity index (χ4v) is 1.94. The monoisotopic (exact) mass is 283 g/mol. The van der Waals surface area contributed by atoms with Gasteiger partial charge in [-0.25, -0.2) is 4.68 Å². The van der Waals surface area contributed by atoms with Crippen molar-refractivity contribution in [1.82, 2.24) is 20.3 Å². The Morgan fingerprint density at radius 3 is 2.85 bits per heavy atom. The summed E-state index contributed by atoms with van der Waals surface area (Å²) in [5.41, 5.74) is 5.60. The van der Waals surface area contributed by atoms with Gasteiger partial charge in [0.05, 0.1) is 18.3 Å². The van der Waals surface area contributed by atoms with Gasteiger partial charge in [-0.3, -0.25) is 9.59 Å². The second kappa shape index (κ2) is 5.97. The number of rotatable bonds is 5. The molecule has 1 aliphatic heterocycles. The number of aromatic nitrogens is 3. The molecular formula is C11H17N5O4. The number of ether oxygens (including phenoxy) is 1. The summed E-state index contributed by atoms with van der Waals surface area (Å²) >= 11 is 0. The van der Waals surface area contributed by atoms with Crippen LogP contribution in [0.15, 0.2) is 6.20 Å². The molecule has 1 aliphatic rings. The Morgan fingerprint density at radius 2 is 2.20 bits per heavy atom. The molecule has 0 unspecified atom stereocenters. The number of nitrogens with two attached hydrogens (primary N) is 1. The molecule has 0 aromatic carbocycles. The molecule has 20 heavy (non-hydrogen) atoms. The number of nitrogens with zero attached hydrogens (tertiary/aromatic N) is 3. The lowest BCUT2D eigenvalue weighted by Gasteiger charge is -2.31. The summed E-state index contributed by atoms with van der Waals surface area (Å²) in [6, 6.07) is 0. The smallest absolute Gasteiger partial charge is 0.325 e. The van der Waals surface area contributed by atoms with Crippen LogP contribution < -0.4 is 11.1 Å². The van der Waals surface area contributed by atoms with Gasteiger partial charge in [0.1, 0.15) is 12.2 Å². The predicted octanol–water partition coefficient (Wildman–Crippen LogP) is -1.51. The Balaban J connectivity index is 1.86. The number of hydrogen-bond donors (Lipinski definition) is 3. The minimum Gasteiger partial charge on any atom is -0.480 e. The van der Waals surface area contributed by atoms with Gasteiger partial charge in [-0.2, -0.15) is 0 Å². The van der Waals surface area contributed by atoms with Crippen molar-refractivity contribution in [2.75, 3.05) is 13.2 Å². The van der Waals surface area contributed by atoms with E-state index < -0.39 is 11.5 Å². The number of carboxylic acids is 1. The van der Waals surface area contributed by atoms with E-state index in [0.29, 0.717) is 31.7 Å². The molecule has 9 nitrogen and oxygen atoms in total. The van der Waals surface area contributed by atoms with Crippen LogP contribution in [0.1, 0.15) is 18.5 Å². The van der Waals surface area contributed by atoms with Gasteiger partial charge >= 0.3 is 5.97 Å². The number of nitrogens with one attached hydrogen (secondary N) is 1. The molecule has 0 bridgehead atoms. The first-order valence-electron chi connectivity index (χ1n) is 6.25. The molecule has 4 N–H and O–H groups in total. The van der Waals surface area contributed by atoms with Gasteiger partial charge in [-0.15, -0.1) is 5.10 Å². The third-order valence-corrected chi connectivity index (χ3v) is 3.15. The Morgan fingerprint density at radius 1 is 1.50 bits per heavy atom. The van der Waals surface area contributed by atoms with Crippen molar-refractivity contribution in [3.63, 3.8) is 0 Å². The highest BCUT2D eigenvalue weighted by molar-refractivity contribution is 5.86. The maximum atomic E-state index is 12.0. The third kappa shape index (κ3) is 3.52. The minimum absolute atomic E-state index is 0.165. The fraction of sp³-hybridized carbons (Fsp3) is 0.636. The first-order valence-corrected chi connectivity index (χ1v) is 6.25. The highest BCUT2D eigenvalue weighted by atomic mass is 16.5. The third-order valence-electron chi connectivity index (χ3n) is 3.15. The number of carbonyl (C=O) groups is 2. The molecular weight excluding hydrogens is 266 g/mol. The lowest BCUT2D eigenvalue weighted by Crippen LogP contribution is -2.56. The van der Waals surface area contributed by atoms with Gasteiger partial charge in [0.2, 0.25) is 5.91 Å². The zero-order valence-electron chi connectivity index (χ0n) is 10.9. The number of amides is 1. The van der Waals surface area contributed by atoms with Crippen LogP contribution in [0.2, 0.25) is 0 Å². The zero-order chi connectivity index (χ0) is 14.6. The molecule has 0 saturated carbocycles. The highest BCUT2D eigenvalue weighted by Crippen LogP contribution is 2.17. The van der Waals surface area contributed by atoms with E-state index in [0.717, 1.165) is 0 Å². The highest BCUT2D eigenvalue weighted by Gasteiger charge is 2.35. The summed E-state index contributed by atoms with van der Waals surface area (Å²) in [5.74, 6) is -1.26. The first-order chi connectivity index (χ1) is 9.49. The number of aliphatic carboxylic acids is 1. The van der Waals surface area contributed by atoms with Crippen LogP contribution in [0.4, 0.5) is 0 Å². The minimum atomic E-state index is -1.01. The maximum Gasteiger partial charge on any atom is 0.325 e. The predicted molar refractivity (Wildman–Crippen MR) is 66.5 cm³/mol. The molecule has 2 heterocycles. The van der Waals surface area contributed by atoms with Crippen LogP contribution in [0.3, 0.4) is 0 Å². The molecule has 1 fully saturated rings. The standard InChI is InChI=1S/C11H17N5O4/c12-11(1-3-20-4-2-11)10(19)13-5-8-6-16(15-14-8)7-9(17)18/h6H,1-5,7,12H2,(H,13,19)(H,17,18). The first kappa shape index (κ1) is 14.4. The SMILES string of the molecule is NC1(C(=O)NCc2cn(CC(=O)O)nn2)CCOCC1. The van der Waals surface area contributed by atoms with E-state index in [-0.39, 0.29) is 19.0 Å². The Hall–Kier alpha value is -2.00. The molecule has 1 saturated heterocycles. The summed E-state index contributed by atoms with van der Waals surface area (Å²) < 4.78 is 6.37. The van der Waals surface area contributed by atoms with Crippen LogP contribution in [0, 0.1) is 0 Å². The molecule has 1 aromatic heterocycles. The van der Waals surface area contributed by atoms with Crippen molar-refractivity contribution in [1.29, 1.82) is 0 Å². The molecule has 0 atom stereocenters. The maximum absolute atomic E-state index is 12.0. The normalized spacial score (nSPS) is 17.6. The van der Waals surface area contributed by atoms with Crippen molar-refractivity contribution in [3.8, 4) is 0 Å². The van der Waals surface area contributed by atoms with Gasteiger partial charge < -0.3 is 20.9 Å². The van der Waals surface area contributed by atoms with Crippen molar-refractivity contribution in [3.05, 3.63) is 11.9 Å². The van der Waals surface area contributed by atoms with Crippen molar-refractivity contribution in [2.45, 2.75) is 31.5 Å². The molecule has 0 spiro atoms. The van der Waals surface area contributed by atoms with E-state index in [9.17, 15) is 9.59 Å². The average Bonchev–Trinajstić information content (AvgIpc) is 2.83. The van der Waals surface area contributed by atoms with E-state index in [1.54, 1.807) is 0 Å². The van der Waals surface area contributed by atoms with Gasteiger partial charge in [0.25, 0.3) is 0 Å². The van der Waals surface area contributed by atoms with E-state index >= 15 is 0 Å². The Bertz CT molecular complexity index is 495. The van der Waals surface area contributed by atoms with Crippen LogP contribution in [-0.4, -0.2) is 50.7 Å². The second-order valence-corrected chi connectivity index (χ2v) is 4.75. The lowest BCUT2D eigenvalue weighted by molar-refractivity contribution is -0.138. The number of hydrogen-bond acceptors (Lipinski definition) is 6. The van der Waals surface area contributed by atoms with Crippen molar-refractivity contribution in [2.24, 2.45) is 5.73 Å². The number of carboxylic acid groups (broad SMARTS) is 1. The van der Waals surface area contributed by atoms with Crippen LogP contribution in [0.5, 0.6) is 0 Å². The van der Waals surface area contributed by atoms with Crippen LogP contribution >= 0.6 is 0 Å². The largest absolute Gasteiger partial charge is 0.480 e. The van der Waals surface area contributed by atoms with Crippen LogP contribution in [-0.2, 0) is 27.4 Å². The van der Waals surface area contributed by atoms with E-state index in [4.69, 9.17) is 15.6 Å². The van der Waals surface area contributed by atoms with Crippen molar-refractivity contribution < 1.29 is 19.4 Å². The van der Waals surface area contributed by atoms with Gasteiger partial charge in [0.15, 0.2) is 0 Å². The van der Waals surface area contributed by atoms with E-state index in [1.165, 1.54) is 10.9 Å². The molecule has 1 aromatic rings. The molecule has 9 heteroatoms. The van der Waals surface area contributed by atoms with E-state index in [1.807, 2.05) is 0 Å². The van der Waals surface area contributed by atoms with Gasteiger partial charge in [0, 0.05) is 13.2 Å². The molecule has 0 radical (unpaired) electrons. The topological polar surface area (TPSA) is 132 Å². The molecule has 1 amide bonds. The molecule has 0 aliphatic carbocycles. The molecule has 2 rings (SSSR count). The summed E-state index contributed by atoms with van der Waals surface area (Å²) in [5, 5.41) is 18.7. The lowest BCUT2D eigenvalue weighted by atomic mass is 9.90. The van der Waals surface area contributed by atoms with Crippen LogP contribution in [0.25, 0.3) is 0 Å². The molecule has 110 valence electrons. The quantitative estimate of drug-likeness (QED) is 0.598. The average molecular weight is 283 g/mol. The second-order valence-electron chi connectivity index (χ2n) is 4.75. The Labute approximate surface area is 115 Å². The van der Waals surface area contributed by atoms with E-state index in [2.05, 4.69) is 15.6 Å². The van der Waals surface area contributed by atoms with Gasteiger partial charge in [-0.1, -0.05) is 5.21 Å². The Kier molecular flexibility index (Phi) is 4.30.